The maximum atomic E-state index is 12.9. The summed E-state index contributed by atoms with van der Waals surface area (Å²) in [5.41, 5.74) is 7.62. The van der Waals surface area contributed by atoms with E-state index >= 15 is 0 Å². The van der Waals surface area contributed by atoms with Gasteiger partial charge in [-0.1, -0.05) is 19.1 Å². The van der Waals surface area contributed by atoms with E-state index in [0.717, 1.165) is 6.42 Å². The summed E-state index contributed by atoms with van der Waals surface area (Å²) in [6.45, 7) is 2.55. The molecule has 0 saturated carbocycles. The number of nitrogens with two attached hydrogens (primary N) is 1. The standard InChI is InChI=1S/C16H17FN2O/c1-2-11-19(15-6-4-3-5-14(15)18)16(20)12-7-9-13(17)10-8-12/h3-10H,2,11,18H2,1H3. The zero-order valence-electron chi connectivity index (χ0n) is 11.3. The molecule has 2 aromatic rings. The molecule has 2 rings (SSSR count). The highest BCUT2D eigenvalue weighted by Gasteiger charge is 2.18. The quantitative estimate of drug-likeness (QED) is 0.866. The zero-order valence-corrected chi connectivity index (χ0v) is 11.3. The van der Waals surface area contributed by atoms with Crippen LogP contribution in [0.4, 0.5) is 15.8 Å². The fourth-order valence-corrected chi connectivity index (χ4v) is 2.04. The van der Waals surface area contributed by atoms with Gasteiger partial charge < -0.3 is 10.6 Å². The first-order valence-electron chi connectivity index (χ1n) is 6.55. The second-order valence-electron chi connectivity index (χ2n) is 4.52. The van der Waals surface area contributed by atoms with E-state index in [-0.39, 0.29) is 11.7 Å². The van der Waals surface area contributed by atoms with E-state index in [9.17, 15) is 9.18 Å². The Morgan fingerprint density at radius 2 is 1.80 bits per heavy atom. The fourth-order valence-electron chi connectivity index (χ4n) is 2.04. The van der Waals surface area contributed by atoms with Crippen molar-refractivity contribution in [2.45, 2.75) is 13.3 Å². The van der Waals surface area contributed by atoms with Gasteiger partial charge in [0.15, 0.2) is 0 Å². The summed E-state index contributed by atoms with van der Waals surface area (Å²) in [6, 6.07) is 12.8. The number of nitrogens with zero attached hydrogens (tertiary/aromatic N) is 1. The van der Waals surface area contributed by atoms with Gasteiger partial charge in [0, 0.05) is 12.1 Å². The van der Waals surface area contributed by atoms with E-state index < -0.39 is 0 Å². The fraction of sp³-hybridized carbons (Fsp3) is 0.188. The van der Waals surface area contributed by atoms with Crippen LogP contribution in [0.2, 0.25) is 0 Å². The number of carbonyl (C=O) groups is 1. The third-order valence-corrected chi connectivity index (χ3v) is 3.01. The summed E-state index contributed by atoms with van der Waals surface area (Å²) in [7, 11) is 0. The molecule has 0 atom stereocenters. The number of benzene rings is 2. The lowest BCUT2D eigenvalue weighted by Crippen LogP contribution is -2.32. The third kappa shape index (κ3) is 2.96. The number of carbonyl (C=O) groups excluding carboxylic acids is 1. The number of hydrogen-bond acceptors (Lipinski definition) is 2. The minimum Gasteiger partial charge on any atom is -0.397 e. The Kier molecular flexibility index (Phi) is 4.35. The number of para-hydroxylation sites is 2. The van der Waals surface area contributed by atoms with E-state index in [4.69, 9.17) is 5.73 Å². The third-order valence-electron chi connectivity index (χ3n) is 3.01. The molecule has 0 aliphatic carbocycles. The predicted molar refractivity (Wildman–Crippen MR) is 79.2 cm³/mol. The van der Waals surface area contributed by atoms with Gasteiger partial charge in [0.05, 0.1) is 11.4 Å². The van der Waals surface area contributed by atoms with Gasteiger partial charge in [-0.2, -0.15) is 0 Å². The van der Waals surface area contributed by atoms with E-state index in [1.807, 2.05) is 25.1 Å². The highest BCUT2D eigenvalue weighted by Crippen LogP contribution is 2.24. The van der Waals surface area contributed by atoms with E-state index in [0.29, 0.717) is 23.5 Å². The van der Waals surface area contributed by atoms with E-state index in [1.54, 1.807) is 11.0 Å². The molecule has 2 N–H and O–H groups in total. The normalized spacial score (nSPS) is 10.3. The van der Waals surface area contributed by atoms with Gasteiger partial charge in [0.2, 0.25) is 0 Å². The van der Waals surface area contributed by atoms with Crippen LogP contribution < -0.4 is 10.6 Å². The molecule has 4 heteroatoms. The molecule has 0 fully saturated rings. The lowest BCUT2D eigenvalue weighted by Gasteiger charge is -2.23. The van der Waals surface area contributed by atoms with Crippen molar-refractivity contribution in [3.63, 3.8) is 0 Å². The summed E-state index contributed by atoms with van der Waals surface area (Å²) in [5.74, 6) is -0.535. The molecule has 0 heterocycles. The summed E-state index contributed by atoms with van der Waals surface area (Å²) >= 11 is 0. The molecule has 2 aromatic carbocycles. The summed E-state index contributed by atoms with van der Waals surface area (Å²) in [4.78, 5) is 14.2. The van der Waals surface area contributed by atoms with Crippen LogP contribution in [0.15, 0.2) is 48.5 Å². The Balaban J connectivity index is 2.36. The molecule has 0 aliphatic heterocycles. The van der Waals surface area contributed by atoms with Gasteiger partial charge in [-0.3, -0.25) is 4.79 Å². The number of rotatable bonds is 4. The molecule has 0 bridgehead atoms. The average molecular weight is 272 g/mol. The molecule has 0 aliphatic rings. The molecule has 0 unspecified atom stereocenters. The molecule has 3 nitrogen and oxygen atoms in total. The highest BCUT2D eigenvalue weighted by molar-refractivity contribution is 6.07. The van der Waals surface area contributed by atoms with Crippen molar-refractivity contribution < 1.29 is 9.18 Å². The van der Waals surface area contributed by atoms with Crippen LogP contribution in [0.5, 0.6) is 0 Å². The first kappa shape index (κ1) is 14.1. The smallest absolute Gasteiger partial charge is 0.258 e. The minimum absolute atomic E-state index is 0.176. The molecule has 0 aromatic heterocycles. The van der Waals surface area contributed by atoms with Gasteiger partial charge in [0.1, 0.15) is 5.82 Å². The first-order chi connectivity index (χ1) is 9.63. The summed E-state index contributed by atoms with van der Waals surface area (Å²) in [5, 5.41) is 0. The Hall–Kier alpha value is -2.36. The lowest BCUT2D eigenvalue weighted by molar-refractivity contribution is 0.0987. The first-order valence-corrected chi connectivity index (χ1v) is 6.55. The van der Waals surface area contributed by atoms with Gasteiger partial charge >= 0.3 is 0 Å². The molecule has 0 radical (unpaired) electrons. The van der Waals surface area contributed by atoms with Crippen LogP contribution in [-0.2, 0) is 0 Å². The monoisotopic (exact) mass is 272 g/mol. The molecular weight excluding hydrogens is 255 g/mol. The number of hydrogen-bond donors (Lipinski definition) is 1. The second kappa shape index (κ2) is 6.19. The van der Waals surface area contributed by atoms with Crippen molar-refractivity contribution in [3.05, 3.63) is 59.9 Å². The number of anilines is 2. The van der Waals surface area contributed by atoms with Gasteiger partial charge in [-0.05, 0) is 42.8 Å². The van der Waals surface area contributed by atoms with Crippen LogP contribution in [0.25, 0.3) is 0 Å². The van der Waals surface area contributed by atoms with E-state index in [2.05, 4.69) is 0 Å². The minimum atomic E-state index is -0.359. The van der Waals surface area contributed by atoms with Crippen molar-refractivity contribution in [3.8, 4) is 0 Å². The predicted octanol–water partition coefficient (Wildman–Crippen LogP) is 3.46. The number of amides is 1. The number of halogens is 1. The Morgan fingerprint density at radius 1 is 1.15 bits per heavy atom. The molecule has 0 saturated heterocycles. The van der Waals surface area contributed by atoms with Gasteiger partial charge in [0.25, 0.3) is 5.91 Å². The Bertz CT molecular complexity index is 596. The van der Waals surface area contributed by atoms with Crippen LogP contribution in [-0.4, -0.2) is 12.5 Å². The van der Waals surface area contributed by atoms with Crippen LogP contribution in [0.3, 0.4) is 0 Å². The lowest BCUT2D eigenvalue weighted by atomic mass is 10.1. The molecule has 0 spiro atoms. The summed E-state index contributed by atoms with van der Waals surface area (Å²) in [6.07, 6.45) is 0.807. The van der Waals surface area contributed by atoms with E-state index in [1.165, 1.54) is 24.3 Å². The SMILES string of the molecule is CCCN(C(=O)c1ccc(F)cc1)c1ccccc1N. The molecule has 104 valence electrons. The van der Waals surface area contributed by atoms with Crippen LogP contribution >= 0.6 is 0 Å². The Morgan fingerprint density at radius 3 is 2.40 bits per heavy atom. The molecular formula is C16H17FN2O. The maximum Gasteiger partial charge on any atom is 0.258 e. The van der Waals surface area contributed by atoms with Gasteiger partial charge in [-0.15, -0.1) is 0 Å². The highest BCUT2D eigenvalue weighted by atomic mass is 19.1. The zero-order chi connectivity index (χ0) is 14.5. The molecule has 20 heavy (non-hydrogen) atoms. The van der Waals surface area contributed by atoms with Crippen molar-refractivity contribution in [1.29, 1.82) is 0 Å². The average Bonchev–Trinajstić information content (AvgIpc) is 2.46. The van der Waals surface area contributed by atoms with Crippen molar-refractivity contribution in [2.75, 3.05) is 17.2 Å². The maximum absolute atomic E-state index is 12.9. The van der Waals surface area contributed by atoms with Crippen LogP contribution in [0.1, 0.15) is 23.7 Å². The Labute approximate surface area is 117 Å². The largest absolute Gasteiger partial charge is 0.397 e. The second-order valence-corrected chi connectivity index (χ2v) is 4.52. The van der Waals surface area contributed by atoms with Crippen molar-refractivity contribution in [2.24, 2.45) is 0 Å². The van der Waals surface area contributed by atoms with Crippen LogP contribution in [0, 0.1) is 5.82 Å². The van der Waals surface area contributed by atoms with Gasteiger partial charge in [-0.25, -0.2) is 4.39 Å². The summed E-state index contributed by atoms with van der Waals surface area (Å²) < 4.78 is 12.9. The topological polar surface area (TPSA) is 46.3 Å². The number of nitrogen functional groups attached to an aromatic ring is 1. The van der Waals surface area contributed by atoms with Crippen molar-refractivity contribution >= 4 is 17.3 Å². The van der Waals surface area contributed by atoms with Crippen molar-refractivity contribution in [1.82, 2.24) is 0 Å². The molecule has 1 amide bonds.